The molecule has 0 amide bonds. The van der Waals surface area contributed by atoms with E-state index < -0.39 is 29.3 Å². The molecule has 3 aromatic rings. The Bertz CT molecular complexity index is 1150. The Morgan fingerprint density at radius 1 is 1.29 bits per heavy atom. The van der Waals surface area contributed by atoms with E-state index in [1.54, 1.807) is 20.8 Å². The highest BCUT2D eigenvalue weighted by Gasteiger charge is 2.35. The summed E-state index contributed by atoms with van der Waals surface area (Å²) >= 11 is 0. The van der Waals surface area contributed by atoms with Crippen LogP contribution in [0.2, 0.25) is 0 Å². The molecule has 4 rings (SSSR count). The topological polar surface area (TPSA) is 99.2 Å². The lowest BCUT2D eigenvalue weighted by atomic mass is 9.99. The predicted molar refractivity (Wildman–Crippen MR) is 111 cm³/mol. The second kappa shape index (κ2) is 7.98. The quantitative estimate of drug-likeness (QED) is 0.639. The van der Waals surface area contributed by atoms with Crippen LogP contribution in [-0.4, -0.2) is 32.3 Å². The van der Waals surface area contributed by atoms with E-state index in [1.165, 1.54) is 12.5 Å². The van der Waals surface area contributed by atoms with Crippen molar-refractivity contribution in [3.63, 3.8) is 0 Å². The second-order valence-corrected chi connectivity index (χ2v) is 8.36. The zero-order chi connectivity index (χ0) is 22.2. The largest absolute Gasteiger partial charge is 0.459 e. The van der Waals surface area contributed by atoms with Crippen molar-refractivity contribution in [2.75, 3.05) is 5.32 Å². The molecule has 1 aromatic carbocycles. The van der Waals surface area contributed by atoms with Gasteiger partial charge in [0.25, 0.3) is 5.56 Å². The van der Waals surface area contributed by atoms with Crippen molar-refractivity contribution in [1.29, 1.82) is 0 Å². The van der Waals surface area contributed by atoms with E-state index in [0.29, 0.717) is 11.6 Å². The van der Waals surface area contributed by atoms with Crippen LogP contribution in [0.5, 0.6) is 0 Å². The Balaban J connectivity index is 1.58. The molecule has 1 N–H and O–H groups in total. The van der Waals surface area contributed by atoms with Gasteiger partial charge in [0.1, 0.15) is 35.8 Å². The number of nitrogens with zero attached hydrogens (tertiary/aromatic N) is 3. The van der Waals surface area contributed by atoms with Gasteiger partial charge in [-0.25, -0.2) is 14.4 Å². The van der Waals surface area contributed by atoms with Crippen molar-refractivity contribution < 1.29 is 18.3 Å². The molecule has 0 saturated carbocycles. The molecule has 2 aromatic heterocycles. The maximum atomic E-state index is 14.9. The van der Waals surface area contributed by atoms with Gasteiger partial charge in [-0.1, -0.05) is 18.2 Å². The third kappa shape index (κ3) is 4.50. The fraction of sp³-hybridized carbons (Fsp3) is 0.364. The summed E-state index contributed by atoms with van der Waals surface area (Å²) in [5.74, 6) is 0.0812. The zero-order valence-corrected chi connectivity index (χ0v) is 17.5. The van der Waals surface area contributed by atoms with Gasteiger partial charge in [0.2, 0.25) is 5.89 Å². The molecule has 31 heavy (non-hydrogen) atoms. The molecule has 1 aliphatic heterocycles. The number of esters is 1. The molecule has 8 nitrogen and oxygen atoms in total. The van der Waals surface area contributed by atoms with Crippen LogP contribution in [0.4, 0.5) is 10.1 Å². The summed E-state index contributed by atoms with van der Waals surface area (Å²) in [6.07, 6.45) is 1.27. The zero-order valence-electron chi connectivity index (χ0n) is 17.5. The van der Waals surface area contributed by atoms with Crippen LogP contribution in [-0.2, 0) is 22.5 Å². The number of carbonyl (C=O) groups is 1. The molecule has 0 radical (unpaired) electrons. The van der Waals surface area contributed by atoms with Gasteiger partial charge in [0, 0.05) is 12.0 Å². The molecule has 0 fully saturated rings. The van der Waals surface area contributed by atoms with Crippen LogP contribution in [0.3, 0.4) is 0 Å². The fourth-order valence-electron chi connectivity index (χ4n) is 3.39. The normalized spacial score (nSPS) is 18.2. The van der Waals surface area contributed by atoms with E-state index in [4.69, 9.17) is 9.15 Å². The minimum atomic E-state index is -1.36. The molecule has 0 saturated heterocycles. The van der Waals surface area contributed by atoms with E-state index in [0.717, 1.165) is 10.1 Å². The number of hydrogen-bond acceptors (Lipinski definition) is 7. The van der Waals surface area contributed by atoms with Gasteiger partial charge in [-0.2, -0.15) is 0 Å². The third-order valence-electron chi connectivity index (χ3n) is 4.74. The first-order chi connectivity index (χ1) is 14.7. The third-order valence-corrected chi connectivity index (χ3v) is 4.74. The minimum Gasteiger partial charge on any atom is -0.459 e. The average molecular weight is 426 g/mol. The minimum absolute atomic E-state index is 0.0586. The monoisotopic (exact) mass is 426 g/mol. The van der Waals surface area contributed by atoms with Gasteiger partial charge in [-0.05, 0) is 32.9 Å². The molecule has 0 bridgehead atoms. The molecule has 0 aliphatic carbocycles. The number of fused-ring (bicyclic) bond motifs is 1. The van der Waals surface area contributed by atoms with E-state index in [9.17, 15) is 14.0 Å². The Kier molecular flexibility index (Phi) is 5.34. The molecule has 162 valence electrons. The number of ether oxygens (including phenoxy) is 1. The molecule has 2 unspecified atom stereocenters. The first-order valence-corrected chi connectivity index (χ1v) is 9.93. The van der Waals surface area contributed by atoms with Crippen molar-refractivity contribution in [2.24, 2.45) is 0 Å². The van der Waals surface area contributed by atoms with E-state index in [1.807, 2.05) is 30.3 Å². The molecule has 2 atom stereocenters. The summed E-state index contributed by atoms with van der Waals surface area (Å²) in [6, 6.07) is 8.36. The second-order valence-electron chi connectivity index (χ2n) is 8.36. The van der Waals surface area contributed by atoms with Gasteiger partial charge < -0.3 is 14.5 Å². The SMILES string of the molecule is CC(C)(C)OC(=O)Cn1cnc2c(c1=O)NC(c1cnc(-c3ccccc3)o1)C(F)C2. The molecule has 3 heterocycles. The lowest BCUT2D eigenvalue weighted by molar-refractivity contribution is -0.155. The van der Waals surface area contributed by atoms with Gasteiger partial charge in [0.05, 0.1) is 18.2 Å². The van der Waals surface area contributed by atoms with Crippen molar-refractivity contribution in [1.82, 2.24) is 14.5 Å². The van der Waals surface area contributed by atoms with E-state index >= 15 is 0 Å². The Morgan fingerprint density at radius 2 is 2.03 bits per heavy atom. The van der Waals surface area contributed by atoms with Gasteiger partial charge >= 0.3 is 5.97 Å². The van der Waals surface area contributed by atoms with E-state index in [-0.39, 0.29) is 24.4 Å². The Morgan fingerprint density at radius 3 is 2.74 bits per heavy atom. The number of anilines is 1. The molecular formula is C22H23FN4O4. The maximum Gasteiger partial charge on any atom is 0.326 e. The van der Waals surface area contributed by atoms with Gasteiger partial charge in [-0.3, -0.25) is 14.2 Å². The van der Waals surface area contributed by atoms with Gasteiger partial charge in [0.15, 0.2) is 0 Å². The summed E-state index contributed by atoms with van der Waals surface area (Å²) in [4.78, 5) is 33.4. The highest BCUT2D eigenvalue weighted by atomic mass is 19.1. The number of alkyl halides is 1. The fourth-order valence-corrected chi connectivity index (χ4v) is 3.39. The number of oxazole rings is 1. The van der Waals surface area contributed by atoms with Crippen LogP contribution in [0.1, 0.15) is 38.3 Å². The number of benzene rings is 1. The summed E-state index contributed by atoms with van der Waals surface area (Å²) in [5.41, 5.74) is 0.0625. The molecule has 9 heteroatoms. The van der Waals surface area contributed by atoms with Crippen LogP contribution in [0, 0.1) is 0 Å². The van der Waals surface area contributed by atoms with Crippen LogP contribution >= 0.6 is 0 Å². The number of aromatic nitrogens is 3. The number of hydrogen-bond donors (Lipinski definition) is 1. The highest BCUT2D eigenvalue weighted by molar-refractivity contribution is 5.70. The molecular weight excluding hydrogens is 403 g/mol. The lowest BCUT2D eigenvalue weighted by Gasteiger charge is -2.27. The summed E-state index contributed by atoms with van der Waals surface area (Å²) < 4.78 is 27.1. The van der Waals surface area contributed by atoms with Crippen molar-refractivity contribution in [3.05, 3.63) is 64.7 Å². The average Bonchev–Trinajstić information content (AvgIpc) is 3.19. The van der Waals surface area contributed by atoms with Crippen molar-refractivity contribution in [3.8, 4) is 11.5 Å². The maximum absolute atomic E-state index is 14.9. The highest BCUT2D eigenvalue weighted by Crippen LogP contribution is 2.33. The molecule has 0 spiro atoms. The predicted octanol–water partition coefficient (Wildman–Crippen LogP) is 3.29. The van der Waals surface area contributed by atoms with Crippen LogP contribution < -0.4 is 10.9 Å². The Labute approximate surface area is 178 Å². The van der Waals surface area contributed by atoms with Crippen molar-refractivity contribution >= 4 is 11.7 Å². The Hall–Kier alpha value is -3.49. The van der Waals surface area contributed by atoms with Crippen LogP contribution in [0.25, 0.3) is 11.5 Å². The lowest BCUT2D eigenvalue weighted by Crippen LogP contribution is -2.37. The number of rotatable bonds is 4. The smallest absolute Gasteiger partial charge is 0.326 e. The van der Waals surface area contributed by atoms with Gasteiger partial charge in [-0.15, -0.1) is 0 Å². The first-order valence-electron chi connectivity index (χ1n) is 9.93. The summed E-state index contributed by atoms with van der Waals surface area (Å²) in [6.45, 7) is 4.94. The number of carbonyl (C=O) groups excluding carboxylic acids is 1. The number of nitrogens with one attached hydrogen (secondary N) is 1. The van der Waals surface area contributed by atoms with E-state index in [2.05, 4.69) is 15.3 Å². The van der Waals surface area contributed by atoms with Crippen molar-refractivity contribution in [2.45, 2.75) is 51.6 Å². The molecule has 1 aliphatic rings. The first kappa shape index (κ1) is 20.8. The summed E-state index contributed by atoms with van der Waals surface area (Å²) in [5, 5.41) is 2.90. The van der Waals surface area contributed by atoms with Crippen LogP contribution in [0.15, 0.2) is 52.1 Å². The summed E-state index contributed by atoms with van der Waals surface area (Å²) in [7, 11) is 0. The standard InChI is InChI=1S/C22H23FN4O4/c1-22(2,3)31-17(28)11-27-12-25-15-9-14(23)18(26-19(15)21(27)29)16-10-24-20(30-16)13-7-5-4-6-8-13/h4-8,10,12,14,18,26H,9,11H2,1-3H3. The number of halogens is 1.